The molecule has 1 saturated heterocycles. The molecular formula is C8H15NO3. The van der Waals surface area contributed by atoms with E-state index in [0.717, 1.165) is 6.42 Å². The lowest BCUT2D eigenvalue weighted by Crippen LogP contribution is -2.42. The molecule has 2 atom stereocenters. The lowest BCUT2D eigenvalue weighted by atomic mass is 10.3. The van der Waals surface area contributed by atoms with Crippen LogP contribution in [0.4, 0.5) is 0 Å². The monoisotopic (exact) mass is 173 g/mol. The first kappa shape index (κ1) is 9.48. The zero-order chi connectivity index (χ0) is 9.14. The molecule has 1 heterocycles. The highest BCUT2D eigenvalue weighted by Gasteiger charge is 2.34. The van der Waals surface area contributed by atoms with Gasteiger partial charge in [-0.25, -0.2) is 0 Å². The number of rotatable bonds is 3. The first-order chi connectivity index (χ1) is 5.70. The Labute approximate surface area is 72.4 Å². The molecule has 1 aliphatic heterocycles. The van der Waals surface area contributed by atoms with Crippen molar-refractivity contribution in [3.63, 3.8) is 0 Å². The Bertz CT molecular complexity index is 172. The van der Waals surface area contributed by atoms with Crippen LogP contribution in [0.1, 0.15) is 19.8 Å². The SMILES string of the molecule is COC(C)N1C(=O)CCC1OC. The second-order valence-corrected chi connectivity index (χ2v) is 2.87. The van der Waals surface area contributed by atoms with E-state index in [2.05, 4.69) is 0 Å². The fourth-order valence-electron chi connectivity index (χ4n) is 1.46. The number of nitrogens with zero attached hydrogens (tertiary/aromatic N) is 1. The minimum atomic E-state index is -0.190. The molecule has 4 nitrogen and oxygen atoms in total. The van der Waals surface area contributed by atoms with Crippen molar-refractivity contribution in [3.05, 3.63) is 0 Å². The highest BCUT2D eigenvalue weighted by Crippen LogP contribution is 2.21. The van der Waals surface area contributed by atoms with Crippen LogP contribution in [-0.2, 0) is 14.3 Å². The van der Waals surface area contributed by atoms with Crippen LogP contribution < -0.4 is 0 Å². The standard InChI is InChI=1S/C8H15NO3/c1-6(11-2)9-7(10)4-5-8(9)12-3/h6,8H,4-5H2,1-3H3. The summed E-state index contributed by atoms with van der Waals surface area (Å²) in [5.74, 6) is 0.108. The zero-order valence-corrected chi connectivity index (χ0v) is 7.74. The molecule has 0 saturated carbocycles. The highest BCUT2D eigenvalue weighted by molar-refractivity contribution is 5.78. The molecule has 1 aliphatic rings. The molecule has 0 aliphatic carbocycles. The summed E-state index contributed by atoms with van der Waals surface area (Å²) < 4.78 is 10.2. The van der Waals surface area contributed by atoms with E-state index in [1.54, 1.807) is 19.1 Å². The number of methoxy groups -OCH3 is 2. The smallest absolute Gasteiger partial charge is 0.226 e. The van der Waals surface area contributed by atoms with Gasteiger partial charge in [-0.05, 0) is 6.92 Å². The number of ether oxygens (including phenoxy) is 2. The Morgan fingerprint density at radius 1 is 1.58 bits per heavy atom. The summed E-state index contributed by atoms with van der Waals surface area (Å²) >= 11 is 0. The van der Waals surface area contributed by atoms with E-state index in [-0.39, 0.29) is 18.4 Å². The Balaban J connectivity index is 2.63. The first-order valence-electron chi connectivity index (χ1n) is 4.07. The number of hydrogen-bond donors (Lipinski definition) is 0. The first-order valence-corrected chi connectivity index (χ1v) is 4.07. The third-order valence-electron chi connectivity index (χ3n) is 2.21. The number of carbonyl (C=O) groups is 1. The van der Waals surface area contributed by atoms with Crippen LogP contribution in [0.2, 0.25) is 0 Å². The van der Waals surface area contributed by atoms with Crippen LogP contribution >= 0.6 is 0 Å². The van der Waals surface area contributed by atoms with Crippen molar-refractivity contribution < 1.29 is 14.3 Å². The summed E-state index contributed by atoms with van der Waals surface area (Å²) in [4.78, 5) is 12.9. The van der Waals surface area contributed by atoms with Gasteiger partial charge in [-0.2, -0.15) is 0 Å². The van der Waals surface area contributed by atoms with E-state index < -0.39 is 0 Å². The fraction of sp³-hybridized carbons (Fsp3) is 0.875. The molecule has 0 aromatic heterocycles. The minimum absolute atomic E-state index is 0.104. The molecule has 1 fully saturated rings. The van der Waals surface area contributed by atoms with Crippen LogP contribution in [0, 0.1) is 0 Å². The molecule has 0 radical (unpaired) electrons. The van der Waals surface area contributed by atoms with Crippen LogP contribution in [0.15, 0.2) is 0 Å². The molecule has 4 heteroatoms. The zero-order valence-electron chi connectivity index (χ0n) is 7.74. The second-order valence-electron chi connectivity index (χ2n) is 2.87. The van der Waals surface area contributed by atoms with Crippen molar-refractivity contribution in [3.8, 4) is 0 Å². The van der Waals surface area contributed by atoms with E-state index >= 15 is 0 Å². The number of amides is 1. The Kier molecular flexibility index (Phi) is 3.05. The maximum atomic E-state index is 11.3. The summed E-state index contributed by atoms with van der Waals surface area (Å²) in [5.41, 5.74) is 0. The van der Waals surface area contributed by atoms with Gasteiger partial charge in [0.2, 0.25) is 5.91 Å². The number of hydrogen-bond acceptors (Lipinski definition) is 3. The van der Waals surface area contributed by atoms with E-state index in [9.17, 15) is 4.79 Å². The van der Waals surface area contributed by atoms with Gasteiger partial charge < -0.3 is 9.47 Å². The second kappa shape index (κ2) is 3.87. The molecular weight excluding hydrogens is 158 g/mol. The van der Waals surface area contributed by atoms with Gasteiger partial charge in [-0.1, -0.05) is 0 Å². The van der Waals surface area contributed by atoms with Gasteiger partial charge in [-0.15, -0.1) is 0 Å². The Morgan fingerprint density at radius 3 is 2.75 bits per heavy atom. The molecule has 0 spiro atoms. The molecule has 0 aromatic rings. The lowest BCUT2D eigenvalue weighted by molar-refractivity contribution is -0.153. The molecule has 70 valence electrons. The van der Waals surface area contributed by atoms with E-state index in [0.29, 0.717) is 6.42 Å². The van der Waals surface area contributed by atoms with Crippen LogP contribution in [0.5, 0.6) is 0 Å². The summed E-state index contributed by atoms with van der Waals surface area (Å²) in [6, 6.07) is 0. The summed E-state index contributed by atoms with van der Waals surface area (Å²) in [5, 5.41) is 0. The molecule has 1 amide bonds. The third kappa shape index (κ3) is 1.59. The summed E-state index contributed by atoms with van der Waals surface area (Å²) in [6.45, 7) is 1.84. The van der Waals surface area contributed by atoms with Crippen molar-refractivity contribution in [2.75, 3.05) is 14.2 Å². The minimum Gasteiger partial charge on any atom is -0.362 e. The summed E-state index contributed by atoms with van der Waals surface area (Å²) in [7, 11) is 3.20. The van der Waals surface area contributed by atoms with Gasteiger partial charge in [-0.3, -0.25) is 9.69 Å². The molecule has 12 heavy (non-hydrogen) atoms. The van der Waals surface area contributed by atoms with Crippen molar-refractivity contribution >= 4 is 5.91 Å². The van der Waals surface area contributed by atoms with E-state index in [4.69, 9.17) is 9.47 Å². The molecule has 0 aromatic carbocycles. The highest BCUT2D eigenvalue weighted by atomic mass is 16.5. The normalized spacial score (nSPS) is 26.4. The lowest BCUT2D eigenvalue weighted by Gasteiger charge is -2.28. The molecule has 2 unspecified atom stereocenters. The maximum absolute atomic E-state index is 11.3. The van der Waals surface area contributed by atoms with Crippen molar-refractivity contribution in [1.82, 2.24) is 4.90 Å². The average Bonchev–Trinajstić information content (AvgIpc) is 2.45. The van der Waals surface area contributed by atoms with Crippen molar-refractivity contribution in [2.24, 2.45) is 0 Å². The Hall–Kier alpha value is -0.610. The average molecular weight is 173 g/mol. The van der Waals surface area contributed by atoms with Gasteiger partial charge in [0, 0.05) is 27.1 Å². The van der Waals surface area contributed by atoms with Crippen LogP contribution in [0.3, 0.4) is 0 Å². The molecule has 0 bridgehead atoms. The predicted molar refractivity (Wildman–Crippen MR) is 43.3 cm³/mol. The molecule has 0 N–H and O–H groups in total. The van der Waals surface area contributed by atoms with Gasteiger partial charge in [0.05, 0.1) is 0 Å². The van der Waals surface area contributed by atoms with Crippen LogP contribution in [0.25, 0.3) is 0 Å². The molecule has 1 rings (SSSR count). The van der Waals surface area contributed by atoms with Crippen molar-refractivity contribution in [1.29, 1.82) is 0 Å². The largest absolute Gasteiger partial charge is 0.362 e. The number of likely N-dealkylation sites (tertiary alicyclic amines) is 1. The summed E-state index contributed by atoms with van der Waals surface area (Å²) in [6.07, 6.45) is 1.03. The third-order valence-corrected chi connectivity index (χ3v) is 2.21. The van der Waals surface area contributed by atoms with Gasteiger partial charge in [0.25, 0.3) is 0 Å². The number of carbonyl (C=O) groups excluding carboxylic acids is 1. The van der Waals surface area contributed by atoms with Gasteiger partial charge in [0.15, 0.2) is 0 Å². The maximum Gasteiger partial charge on any atom is 0.226 e. The quantitative estimate of drug-likeness (QED) is 0.626. The topological polar surface area (TPSA) is 38.8 Å². The predicted octanol–water partition coefficient (Wildman–Crippen LogP) is 0.574. The van der Waals surface area contributed by atoms with Crippen LogP contribution in [-0.4, -0.2) is 37.5 Å². The Morgan fingerprint density at radius 2 is 2.25 bits per heavy atom. The van der Waals surface area contributed by atoms with E-state index in [1.807, 2.05) is 6.92 Å². The van der Waals surface area contributed by atoms with Gasteiger partial charge >= 0.3 is 0 Å². The van der Waals surface area contributed by atoms with Crippen molar-refractivity contribution in [2.45, 2.75) is 32.2 Å². The van der Waals surface area contributed by atoms with E-state index in [1.165, 1.54) is 0 Å². The fourth-order valence-corrected chi connectivity index (χ4v) is 1.46. The van der Waals surface area contributed by atoms with Gasteiger partial charge in [0.1, 0.15) is 12.5 Å².